The first-order chi connectivity index (χ1) is 15.0. The van der Waals surface area contributed by atoms with Gasteiger partial charge in [0.1, 0.15) is 18.4 Å². The molecule has 4 aromatic rings. The van der Waals surface area contributed by atoms with Gasteiger partial charge in [-0.15, -0.1) is 11.3 Å². The molecule has 4 rings (SSSR count). The zero-order valence-electron chi connectivity index (χ0n) is 16.3. The van der Waals surface area contributed by atoms with Gasteiger partial charge >= 0.3 is 6.61 Å². The summed E-state index contributed by atoms with van der Waals surface area (Å²) in [5, 5.41) is 7.32. The van der Waals surface area contributed by atoms with Crippen LogP contribution in [0.15, 0.2) is 61.2 Å². The number of anilines is 1. The number of ether oxygens (including phenoxy) is 1. The summed E-state index contributed by atoms with van der Waals surface area (Å²) < 4.78 is 30.7. The van der Waals surface area contributed by atoms with Crippen molar-refractivity contribution in [2.45, 2.75) is 20.1 Å². The molecule has 1 N–H and O–H groups in total. The highest BCUT2D eigenvalue weighted by Crippen LogP contribution is 2.31. The molecule has 0 fully saturated rings. The summed E-state index contributed by atoms with van der Waals surface area (Å²) in [7, 11) is 0. The van der Waals surface area contributed by atoms with E-state index in [2.05, 4.69) is 25.1 Å². The van der Waals surface area contributed by atoms with Gasteiger partial charge in [-0.05, 0) is 48.9 Å². The second-order valence-corrected chi connectivity index (χ2v) is 7.77. The van der Waals surface area contributed by atoms with E-state index in [1.807, 2.05) is 19.1 Å². The fraction of sp³-hybridized carbons (Fsp3) is 0.143. The fourth-order valence-electron chi connectivity index (χ4n) is 2.94. The molecule has 2 aromatic heterocycles. The van der Waals surface area contributed by atoms with Gasteiger partial charge in [-0.2, -0.15) is 13.9 Å². The van der Waals surface area contributed by atoms with Crippen LogP contribution in [-0.2, 0) is 6.54 Å². The van der Waals surface area contributed by atoms with Gasteiger partial charge in [0, 0.05) is 16.0 Å². The number of hydrogen-bond donors (Lipinski definition) is 1. The van der Waals surface area contributed by atoms with E-state index in [-0.39, 0.29) is 11.7 Å². The lowest BCUT2D eigenvalue weighted by Crippen LogP contribution is -2.11. The number of carbonyl (C=O) groups is 1. The number of aromatic nitrogens is 4. The molecule has 7 nitrogen and oxygen atoms in total. The Hall–Kier alpha value is -3.66. The molecule has 0 saturated carbocycles. The van der Waals surface area contributed by atoms with Crippen LogP contribution in [0.1, 0.15) is 20.8 Å². The topological polar surface area (TPSA) is 81.9 Å². The van der Waals surface area contributed by atoms with Crippen molar-refractivity contribution in [2.75, 3.05) is 5.32 Å². The first-order valence-corrected chi connectivity index (χ1v) is 10.0. The summed E-state index contributed by atoms with van der Waals surface area (Å²) in [5.74, 6) is -0.194. The fourth-order valence-corrected chi connectivity index (χ4v) is 3.78. The highest BCUT2D eigenvalue weighted by molar-refractivity contribution is 7.16. The average Bonchev–Trinajstić information content (AvgIpc) is 3.38. The maximum Gasteiger partial charge on any atom is 0.387 e. The van der Waals surface area contributed by atoms with Crippen LogP contribution in [0.5, 0.6) is 5.75 Å². The number of aryl methyl sites for hydroxylation is 1. The predicted molar refractivity (Wildman–Crippen MR) is 112 cm³/mol. The minimum atomic E-state index is -2.87. The molecule has 0 spiro atoms. The van der Waals surface area contributed by atoms with Gasteiger partial charge < -0.3 is 4.74 Å². The molecule has 0 aliphatic carbocycles. The van der Waals surface area contributed by atoms with Crippen molar-refractivity contribution in [2.24, 2.45) is 0 Å². The van der Waals surface area contributed by atoms with Crippen molar-refractivity contribution in [1.82, 2.24) is 19.7 Å². The van der Waals surface area contributed by atoms with Crippen LogP contribution in [0.4, 0.5) is 13.9 Å². The maximum atomic E-state index is 12.6. The number of rotatable bonds is 7. The average molecular weight is 441 g/mol. The van der Waals surface area contributed by atoms with Gasteiger partial charge in [-0.1, -0.05) is 12.1 Å². The number of alkyl halides is 2. The smallest absolute Gasteiger partial charge is 0.387 e. The molecule has 10 heteroatoms. The van der Waals surface area contributed by atoms with E-state index >= 15 is 0 Å². The third-order valence-electron chi connectivity index (χ3n) is 4.40. The van der Waals surface area contributed by atoms with Crippen LogP contribution in [0, 0.1) is 6.92 Å². The van der Waals surface area contributed by atoms with Crippen LogP contribution in [0.2, 0.25) is 0 Å². The summed E-state index contributed by atoms with van der Waals surface area (Å²) in [6, 6.07) is 13.4. The molecule has 1 amide bonds. The third kappa shape index (κ3) is 5.10. The molecule has 2 heterocycles. The summed E-state index contributed by atoms with van der Waals surface area (Å²) in [6.07, 6.45) is 3.10. The molecule has 0 aliphatic rings. The van der Waals surface area contributed by atoms with Crippen molar-refractivity contribution in [3.05, 3.63) is 77.2 Å². The van der Waals surface area contributed by atoms with E-state index in [0.29, 0.717) is 22.9 Å². The zero-order valence-corrected chi connectivity index (χ0v) is 17.1. The Morgan fingerprint density at radius 2 is 1.90 bits per heavy atom. The van der Waals surface area contributed by atoms with Crippen LogP contribution in [-0.4, -0.2) is 32.3 Å². The molecule has 2 aromatic carbocycles. The van der Waals surface area contributed by atoms with Crippen molar-refractivity contribution in [1.29, 1.82) is 0 Å². The summed E-state index contributed by atoms with van der Waals surface area (Å²) >= 11 is 1.34. The number of nitrogens with one attached hydrogen (secondary N) is 1. The second kappa shape index (κ2) is 9.00. The maximum absolute atomic E-state index is 12.6. The second-order valence-electron chi connectivity index (χ2n) is 6.57. The van der Waals surface area contributed by atoms with Gasteiger partial charge in [0.25, 0.3) is 5.91 Å². The lowest BCUT2D eigenvalue weighted by molar-refractivity contribution is -0.0498. The number of hydrogen-bond acceptors (Lipinski definition) is 6. The Morgan fingerprint density at radius 3 is 2.55 bits per heavy atom. The minimum absolute atomic E-state index is 0.0763. The Bertz CT molecular complexity index is 1160. The van der Waals surface area contributed by atoms with Crippen LogP contribution in [0.25, 0.3) is 11.3 Å². The highest BCUT2D eigenvalue weighted by Gasteiger charge is 2.14. The quantitative estimate of drug-likeness (QED) is 0.453. The Balaban J connectivity index is 1.43. The minimum Gasteiger partial charge on any atom is -0.435 e. The largest absolute Gasteiger partial charge is 0.435 e. The van der Waals surface area contributed by atoms with E-state index in [9.17, 15) is 13.6 Å². The monoisotopic (exact) mass is 441 g/mol. The number of benzene rings is 2. The number of carbonyl (C=O) groups excluding carboxylic acids is 1. The number of thiazole rings is 1. The molecule has 31 heavy (non-hydrogen) atoms. The first kappa shape index (κ1) is 20.6. The summed E-state index contributed by atoms with van der Waals surface area (Å²) in [5.41, 5.74) is 2.92. The van der Waals surface area contributed by atoms with Crippen molar-refractivity contribution in [3.63, 3.8) is 0 Å². The standard InChI is InChI=1S/C21H17F2N5O2S/c1-13-18(15-6-8-17(9-7-15)30-20(22)23)26-21(31-13)27-19(29)16-4-2-14(3-5-16)10-28-12-24-11-25-28/h2-9,11-12,20H,10H2,1H3,(H,26,27,29). The van der Waals surface area contributed by atoms with Crippen LogP contribution < -0.4 is 10.1 Å². The molecule has 0 unspecified atom stereocenters. The third-order valence-corrected chi connectivity index (χ3v) is 5.28. The van der Waals surface area contributed by atoms with Crippen LogP contribution in [0.3, 0.4) is 0 Å². The summed E-state index contributed by atoms with van der Waals surface area (Å²) in [6.45, 7) is -0.422. The normalized spacial score (nSPS) is 11.0. The molecule has 158 valence electrons. The van der Waals surface area contributed by atoms with Crippen molar-refractivity contribution >= 4 is 22.4 Å². The molecule has 0 bridgehead atoms. The van der Waals surface area contributed by atoms with Gasteiger partial charge in [0.15, 0.2) is 5.13 Å². The van der Waals surface area contributed by atoms with Crippen LogP contribution >= 0.6 is 11.3 Å². The van der Waals surface area contributed by atoms with E-state index in [1.165, 1.54) is 29.8 Å². The van der Waals surface area contributed by atoms with Gasteiger partial charge in [-0.25, -0.2) is 14.6 Å². The van der Waals surface area contributed by atoms with E-state index < -0.39 is 6.61 Å². The number of amides is 1. The molecular formula is C21H17F2N5O2S. The first-order valence-electron chi connectivity index (χ1n) is 9.23. The lowest BCUT2D eigenvalue weighted by Gasteiger charge is -2.05. The van der Waals surface area contributed by atoms with Crippen molar-refractivity contribution in [3.8, 4) is 17.0 Å². The van der Waals surface area contributed by atoms with E-state index in [1.54, 1.807) is 35.3 Å². The Kier molecular flexibility index (Phi) is 5.99. The number of nitrogens with zero attached hydrogens (tertiary/aromatic N) is 4. The SMILES string of the molecule is Cc1sc(NC(=O)c2ccc(Cn3cncn3)cc2)nc1-c1ccc(OC(F)F)cc1. The van der Waals surface area contributed by atoms with Crippen molar-refractivity contribution < 1.29 is 18.3 Å². The van der Waals surface area contributed by atoms with E-state index in [4.69, 9.17) is 0 Å². The highest BCUT2D eigenvalue weighted by atomic mass is 32.1. The lowest BCUT2D eigenvalue weighted by atomic mass is 10.1. The zero-order chi connectivity index (χ0) is 21.8. The molecule has 0 atom stereocenters. The van der Waals surface area contributed by atoms with Gasteiger partial charge in [0.2, 0.25) is 0 Å². The molecule has 0 radical (unpaired) electrons. The summed E-state index contributed by atoms with van der Waals surface area (Å²) in [4.78, 5) is 21.9. The van der Waals surface area contributed by atoms with Gasteiger partial charge in [-0.3, -0.25) is 10.1 Å². The Morgan fingerprint density at radius 1 is 1.16 bits per heavy atom. The Labute approximate surface area is 180 Å². The number of halogens is 2. The molecular weight excluding hydrogens is 424 g/mol. The van der Waals surface area contributed by atoms with Gasteiger partial charge in [0.05, 0.1) is 12.2 Å². The molecule has 0 saturated heterocycles. The van der Waals surface area contributed by atoms with E-state index in [0.717, 1.165) is 16.0 Å². The predicted octanol–water partition coefficient (Wildman–Crippen LogP) is 4.61. The molecule has 0 aliphatic heterocycles.